The van der Waals surface area contributed by atoms with Crippen molar-refractivity contribution in [2.24, 2.45) is 11.8 Å². The van der Waals surface area contributed by atoms with Crippen molar-refractivity contribution in [1.29, 1.82) is 0 Å². The van der Waals surface area contributed by atoms with E-state index in [0.717, 1.165) is 37.7 Å². The number of amides is 1. The van der Waals surface area contributed by atoms with Crippen molar-refractivity contribution in [2.45, 2.75) is 26.2 Å². The molecule has 0 radical (unpaired) electrons. The largest absolute Gasteiger partial charge is 0.378 e. The fourth-order valence-corrected chi connectivity index (χ4v) is 3.55. The zero-order valence-electron chi connectivity index (χ0n) is 15.3. The molecule has 0 spiro atoms. The Labute approximate surface area is 168 Å². The lowest BCUT2D eigenvalue weighted by Crippen LogP contribution is -2.37. The number of hydrogen-bond acceptors (Lipinski definition) is 5. The molecule has 0 aliphatic carbocycles. The molecule has 8 heteroatoms. The van der Waals surface area contributed by atoms with Gasteiger partial charge in [0.05, 0.1) is 18.9 Å². The number of aromatic nitrogens is 1. The number of rotatable bonds is 5. The summed E-state index contributed by atoms with van der Waals surface area (Å²) < 4.78 is 5.40. The maximum absolute atomic E-state index is 12.5. The van der Waals surface area contributed by atoms with Crippen molar-refractivity contribution >= 4 is 42.2 Å². The molecule has 0 saturated carbocycles. The molecule has 26 heavy (non-hydrogen) atoms. The zero-order valence-corrected chi connectivity index (χ0v) is 16.9. The summed E-state index contributed by atoms with van der Waals surface area (Å²) in [4.78, 5) is 19.1. The number of nitrogens with one attached hydrogen (secondary N) is 2. The molecule has 2 unspecified atom stereocenters. The Morgan fingerprint density at radius 1 is 1.42 bits per heavy atom. The molecule has 2 aliphatic rings. The summed E-state index contributed by atoms with van der Waals surface area (Å²) in [7, 11) is 0. The highest BCUT2D eigenvalue weighted by molar-refractivity contribution is 5.93. The van der Waals surface area contributed by atoms with Crippen LogP contribution in [0.3, 0.4) is 0 Å². The third kappa shape index (κ3) is 6.27. The number of piperidine rings is 1. The van der Waals surface area contributed by atoms with E-state index in [9.17, 15) is 4.79 Å². The van der Waals surface area contributed by atoms with E-state index in [1.165, 1.54) is 12.8 Å². The Morgan fingerprint density at radius 3 is 2.88 bits per heavy atom. The number of nitrogens with zero attached hydrogens (tertiary/aromatic N) is 2. The van der Waals surface area contributed by atoms with Gasteiger partial charge in [0.2, 0.25) is 5.91 Å². The molecule has 0 bridgehead atoms. The van der Waals surface area contributed by atoms with E-state index in [1.807, 2.05) is 12.1 Å². The number of anilines is 2. The van der Waals surface area contributed by atoms with Crippen LogP contribution in [0.2, 0.25) is 0 Å². The Morgan fingerprint density at radius 2 is 2.19 bits per heavy atom. The number of carbonyl (C=O) groups is 1. The Balaban J connectivity index is 0.00000169. The molecule has 3 heterocycles. The van der Waals surface area contributed by atoms with Gasteiger partial charge in [-0.2, -0.15) is 0 Å². The van der Waals surface area contributed by atoms with Crippen molar-refractivity contribution < 1.29 is 9.53 Å². The van der Waals surface area contributed by atoms with E-state index in [1.54, 1.807) is 6.20 Å². The first-order chi connectivity index (χ1) is 11.7. The van der Waals surface area contributed by atoms with Crippen molar-refractivity contribution in [3.8, 4) is 0 Å². The molecular formula is C18H30Cl2N4O2. The minimum Gasteiger partial charge on any atom is -0.378 e. The van der Waals surface area contributed by atoms with Gasteiger partial charge in [0.15, 0.2) is 5.82 Å². The second-order valence-corrected chi connectivity index (χ2v) is 6.81. The van der Waals surface area contributed by atoms with Gasteiger partial charge in [0.25, 0.3) is 0 Å². The third-order valence-electron chi connectivity index (χ3n) is 5.02. The van der Waals surface area contributed by atoms with Crippen molar-refractivity contribution in [2.75, 3.05) is 49.6 Å². The predicted octanol–water partition coefficient (Wildman–Crippen LogP) is 2.73. The fourth-order valence-electron chi connectivity index (χ4n) is 3.55. The topological polar surface area (TPSA) is 66.5 Å². The standard InChI is InChI=1S/C18H28N4O2.2ClH/c1-14(15-4-2-6-19-13-15)12-17(23)21-16-5-3-7-20-18(16)22-8-10-24-11-9-22;;/h3,5,7,14-15,19H,2,4,6,8-13H2,1H3,(H,21,23);2*1H. The van der Waals surface area contributed by atoms with Gasteiger partial charge in [-0.25, -0.2) is 4.98 Å². The molecule has 2 saturated heterocycles. The number of pyridine rings is 1. The highest BCUT2D eigenvalue weighted by Crippen LogP contribution is 2.26. The summed E-state index contributed by atoms with van der Waals surface area (Å²) >= 11 is 0. The van der Waals surface area contributed by atoms with Gasteiger partial charge in [-0.05, 0) is 49.9 Å². The molecule has 3 rings (SSSR count). The van der Waals surface area contributed by atoms with Gasteiger partial charge in [0.1, 0.15) is 0 Å². The van der Waals surface area contributed by atoms with Crippen LogP contribution in [0.25, 0.3) is 0 Å². The van der Waals surface area contributed by atoms with Gasteiger partial charge >= 0.3 is 0 Å². The molecular weight excluding hydrogens is 375 g/mol. The van der Waals surface area contributed by atoms with Crippen LogP contribution in [0.5, 0.6) is 0 Å². The Hall–Kier alpha value is -1.08. The molecule has 2 fully saturated rings. The minimum absolute atomic E-state index is 0. The average molecular weight is 405 g/mol. The first-order valence-electron chi connectivity index (χ1n) is 9.02. The van der Waals surface area contributed by atoms with Gasteiger partial charge in [-0.15, -0.1) is 24.8 Å². The maximum atomic E-state index is 12.5. The van der Waals surface area contributed by atoms with Crippen LogP contribution in [0.4, 0.5) is 11.5 Å². The van der Waals surface area contributed by atoms with Gasteiger partial charge in [0, 0.05) is 25.7 Å². The summed E-state index contributed by atoms with van der Waals surface area (Å²) in [6.45, 7) is 7.34. The first kappa shape index (κ1) is 23.0. The predicted molar refractivity (Wildman–Crippen MR) is 110 cm³/mol. The molecule has 0 aromatic carbocycles. The lowest BCUT2D eigenvalue weighted by molar-refractivity contribution is -0.117. The quantitative estimate of drug-likeness (QED) is 0.789. The molecule has 1 aromatic heterocycles. The summed E-state index contributed by atoms with van der Waals surface area (Å²) in [5.41, 5.74) is 0.804. The minimum atomic E-state index is 0. The lowest BCUT2D eigenvalue weighted by Gasteiger charge is -2.30. The van der Waals surface area contributed by atoms with Crippen LogP contribution in [-0.2, 0) is 9.53 Å². The second-order valence-electron chi connectivity index (χ2n) is 6.81. The van der Waals surface area contributed by atoms with Gasteiger partial charge in [-0.3, -0.25) is 4.79 Å². The van der Waals surface area contributed by atoms with Crippen molar-refractivity contribution in [3.63, 3.8) is 0 Å². The van der Waals surface area contributed by atoms with Crippen LogP contribution in [0.1, 0.15) is 26.2 Å². The van der Waals surface area contributed by atoms with E-state index in [2.05, 4.69) is 27.4 Å². The summed E-state index contributed by atoms with van der Waals surface area (Å²) in [6.07, 6.45) is 4.76. The lowest BCUT2D eigenvalue weighted by atomic mass is 9.85. The zero-order chi connectivity index (χ0) is 16.8. The van der Waals surface area contributed by atoms with Crippen LogP contribution in [0, 0.1) is 11.8 Å². The summed E-state index contributed by atoms with van der Waals surface area (Å²) in [6, 6.07) is 3.80. The number of carbonyl (C=O) groups excluding carboxylic acids is 1. The number of morpholine rings is 1. The van der Waals surface area contributed by atoms with E-state index in [4.69, 9.17) is 4.74 Å². The summed E-state index contributed by atoms with van der Waals surface area (Å²) in [5.74, 6) is 1.91. The molecule has 2 aliphatic heterocycles. The molecule has 148 valence electrons. The number of hydrogen-bond donors (Lipinski definition) is 2. The monoisotopic (exact) mass is 404 g/mol. The van der Waals surface area contributed by atoms with Gasteiger partial charge in [-0.1, -0.05) is 6.92 Å². The van der Waals surface area contributed by atoms with Crippen molar-refractivity contribution in [3.05, 3.63) is 18.3 Å². The Kier molecular flexibility index (Phi) is 10.2. The highest BCUT2D eigenvalue weighted by atomic mass is 35.5. The van der Waals surface area contributed by atoms with Gasteiger partial charge < -0.3 is 20.3 Å². The van der Waals surface area contributed by atoms with E-state index < -0.39 is 0 Å². The molecule has 2 atom stereocenters. The van der Waals surface area contributed by atoms with E-state index in [0.29, 0.717) is 31.5 Å². The van der Waals surface area contributed by atoms with Crippen LogP contribution in [-0.4, -0.2) is 50.3 Å². The van der Waals surface area contributed by atoms with E-state index in [-0.39, 0.29) is 30.7 Å². The normalized spacial score (nSPS) is 21.1. The van der Waals surface area contributed by atoms with Crippen LogP contribution >= 0.6 is 24.8 Å². The molecule has 1 aromatic rings. The second kappa shape index (κ2) is 11.6. The van der Waals surface area contributed by atoms with Crippen LogP contribution < -0.4 is 15.5 Å². The third-order valence-corrected chi connectivity index (χ3v) is 5.02. The molecule has 1 amide bonds. The Bertz CT molecular complexity index is 550. The SMILES string of the molecule is CC(CC(=O)Nc1cccnc1N1CCOCC1)C1CCCNC1.Cl.Cl. The summed E-state index contributed by atoms with van der Waals surface area (Å²) in [5, 5.41) is 6.50. The number of halogens is 2. The average Bonchev–Trinajstić information content (AvgIpc) is 2.63. The van der Waals surface area contributed by atoms with Crippen LogP contribution in [0.15, 0.2) is 18.3 Å². The highest BCUT2D eigenvalue weighted by Gasteiger charge is 2.23. The first-order valence-corrected chi connectivity index (χ1v) is 9.02. The number of ether oxygens (including phenoxy) is 1. The fraction of sp³-hybridized carbons (Fsp3) is 0.667. The van der Waals surface area contributed by atoms with E-state index >= 15 is 0 Å². The maximum Gasteiger partial charge on any atom is 0.224 e. The smallest absolute Gasteiger partial charge is 0.224 e. The van der Waals surface area contributed by atoms with Crippen molar-refractivity contribution in [1.82, 2.24) is 10.3 Å². The molecule has 2 N–H and O–H groups in total. The molecule has 6 nitrogen and oxygen atoms in total.